The average molecular weight is 362 g/mol. The first-order valence-electron chi connectivity index (χ1n) is 7.57. The van der Waals surface area contributed by atoms with Crippen molar-refractivity contribution >= 4 is 32.6 Å². The summed E-state index contributed by atoms with van der Waals surface area (Å²) in [5, 5.41) is 2.97. The third-order valence-corrected chi connectivity index (χ3v) is 4.50. The summed E-state index contributed by atoms with van der Waals surface area (Å²) in [4.78, 5) is 16.7. The molecule has 3 rings (SSSR count). The number of carbonyl (C=O) groups is 1. The van der Waals surface area contributed by atoms with Crippen molar-refractivity contribution < 1.29 is 18.3 Å². The normalized spacial score (nSPS) is 11.6. The Labute approximate surface area is 147 Å². The first-order chi connectivity index (χ1) is 11.7. The van der Waals surface area contributed by atoms with Crippen LogP contribution < -0.4 is 10.1 Å². The van der Waals surface area contributed by atoms with Crippen molar-refractivity contribution in [1.29, 1.82) is 0 Å². The third-order valence-electron chi connectivity index (χ3n) is 3.57. The van der Waals surface area contributed by atoms with Gasteiger partial charge in [0.25, 0.3) is 5.91 Å². The quantitative estimate of drug-likeness (QED) is 0.733. The smallest absolute Gasteiger partial charge is 0.269 e. The van der Waals surface area contributed by atoms with Gasteiger partial charge in [0, 0.05) is 0 Å². The highest BCUT2D eigenvalue weighted by molar-refractivity contribution is 7.22. The molecule has 0 unspecified atom stereocenters. The van der Waals surface area contributed by atoms with E-state index in [4.69, 9.17) is 4.74 Å². The number of benzene rings is 2. The predicted molar refractivity (Wildman–Crippen MR) is 94.1 cm³/mol. The van der Waals surface area contributed by atoms with Gasteiger partial charge >= 0.3 is 0 Å². The lowest BCUT2D eigenvalue weighted by atomic mass is 10.1. The Morgan fingerprint density at radius 1 is 1.20 bits per heavy atom. The van der Waals surface area contributed by atoms with E-state index in [9.17, 15) is 13.6 Å². The zero-order valence-electron chi connectivity index (χ0n) is 13.9. The zero-order valence-corrected chi connectivity index (χ0v) is 14.7. The van der Waals surface area contributed by atoms with Crippen LogP contribution in [0.2, 0.25) is 0 Å². The number of hydrogen-bond donors (Lipinski definition) is 1. The van der Waals surface area contributed by atoms with Crippen molar-refractivity contribution in [1.82, 2.24) is 4.98 Å². The molecule has 0 saturated carbocycles. The van der Waals surface area contributed by atoms with E-state index in [0.717, 1.165) is 16.9 Å². The highest BCUT2D eigenvalue weighted by atomic mass is 32.1. The van der Waals surface area contributed by atoms with Gasteiger partial charge in [0.15, 0.2) is 22.3 Å². The van der Waals surface area contributed by atoms with Gasteiger partial charge in [-0.15, -0.1) is 0 Å². The van der Waals surface area contributed by atoms with Gasteiger partial charge in [-0.05, 0) is 56.7 Å². The van der Waals surface area contributed by atoms with E-state index < -0.39 is 17.3 Å². The molecule has 1 N–H and O–H groups in total. The fraction of sp³-hybridized carbons (Fsp3) is 0.222. The van der Waals surface area contributed by atoms with Crippen molar-refractivity contribution in [2.45, 2.75) is 26.4 Å². The Bertz CT molecular complexity index is 953. The molecule has 4 nitrogen and oxygen atoms in total. The number of aryl methyl sites for hydroxylation is 1. The van der Waals surface area contributed by atoms with Gasteiger partial charge < -0.3 is 4.74 Å². The van der Waals surface area contributed by atoms with E-state index in [1.54, 1.807) is 19.1 Å². The van der Waals surface area contributed by atoms with Gasteiger partial charge in [0.1, 0.15) is 5.82 Å². The molecule has 1 heterocycles. The van der Waals surface area contributed by atoms with Crippen LogP contribution in [-0.4, -0.2) is 16.5 Å². The SMILES string of the molecule is Cc1ccc(OC(C)(C)C(=O)Nc2nc3ccc(F)cc3s2)c(F)c1. The standard InChI is InChI=1S/C18H16F2N2O2S/c1-10-4-7-14(12(20)8-10)24-18(2,3)16(23)22-17-21-13-6-5-11(19)9-15(13)25-17/h4-9H,1-3H3,(H,21,22,23). The molecule has 0 fully saturated rings. The van der Waals surface area contributed by atoms with E-state index in [2.05, 4.69) is 10.3 Å². The molecular weight excluding hydrogens is 346 g/mol. The van der Waals surface area contributed by atoms with Crippen LogP contribution in [0.1, 0.15) is 19.4 Å². The van der Waals surface area contributed by atoms with E-state index >= 15 is 0 Å². The summed E-state index contributed by atoms with van der Waals surface area (Å²) in [7, 11) is 0. The molecule has 25 heavy (non-hydrogen) atoms. The fourth-order valence-electron chi connectivity index (χ4n) is 2.21. The summed E-state index contributed by atoms with van der Waals surface area (Å²) in [6, 6.07) is 8.73. The molecule has 0 bridgehead atoms. The second kappa shape index (κ2) is 6.40. The monoisotopic (exact) mass is 362 g/mol. The van der Waals surface area contributed by atoms with Crippen LogP contribution in [0.3, 0.4) is 0 Å². The van der Waals surface area contributed by atoms with Gasteiger partial charge in [-0.3, -0.25) is 10.1 Å². The Morgan fingerprint density at radius 3 is 2.68 bits per heavy atom. The van der Waals surface area contributed by atoms with Crippen LogP contribution in [0.25, 0.3) is 10.2 Å². The number of nitrogens with zero attached hydrogens (tertiary/aromatic N) is 1. The molecule has 7 heteroatoms. The van der Waals surface area contributed by atoms with Crippen LogP contribution in [0.15, 0.2) is 36.4 Å². The van der Waals surface area contributed by atoms with Crippen LogP contribution in [-0.2, 0) is 4.79 Å². The summed E-state index contributed by atoms with van der Waals surface area (Å²) in [5.41, 5.74) is 0.0259. The highest BCUT2D eigenvalue weighted by Gasteiger charge is 2.31. The summed E-state index contributed by atoms with van der Waals surface area (Å²) >= 11 is 1.15. The topological polar surface area (TPSA) is 51.2 Å². The molecule has 3 aromatic rings. The number of anilines is 1. The Kier molecular flexibility index (Phi) is 4.43. The van der Waals surface area contributed by atoms with Crippen molar-refractivity contribution in [2.24, 2.45) is 0 Å². The maximum atomic E-state index is 13.9. The summed E-state index contributed by atoms with van der Waals surface area (Å²) in [6.45, 7) is 4.84. The molecule has 130 valence electrons. The van der Waals surface area contributed by atoms with Crippen LogP contribution in [0.4, 0.5) is 13.9 Å². The van der Waals surface area contributed by atoms with Gasteiger partial charge in [-0.25, -0.2) is 13.8 Å². The number of hydrogen-bond acceptors (Lipinski definition) is 4. The average Bonchev–Trinajstić information content (AvgIpc) is 2.91. The minimum atomic E-state index is -1.32. The molecular formula is C18H16F2N2O2S. The van der Waals surface area contributed by atoms with Crippen molar-refractivity contribution in [2.75, 3.05) is 5.32 Å². The first kappa shape index (κ1) is 17.3. The minimum absolute atomic E-state index is 0.00267. The highest BCUT2D eigenvalue weighted by Crippen LogP contribution is 2.28. The first-order valence-corrected chi connectivity index (χ1v) is 8.39. The number of aromatic nitrogens is 1. The molecule has 1 aromatic heterocycles. The molecule has 0 aliphatic carbocycles. The molecule has 2 aromatic carbocycles. The summed E-state index contributed by atoms with van der Waals surface area (Å²) < 4.78 is 33.4. The van der Waals surface area contributed by atoms with E-state index in [1.807, 2.05) is 0 Å². The number of rotatable bonds is 4. The van der Waals surface area contributed by atoms with E-state index in [1.165, 1.54) is 38.1 Å². The number of halogens is 2. The van der Waals surface area contributed by atoms with Crippen LogP contribution >= 0.6 is 11.3 Å². The summed E-state index contributed by atoms with van der Waals surface area (Å²) in [6.07, 6.45) is 0. The molecule has 0 aliphatic heterocycles. The Hall–Kier alpha value is -2.54. The Morgan fingerprint density at radius 2 is 1.96 bits per heavy atom. The largest absolute Gasteiger partial charge is 0.475 e. The maximum absolute atomic E-state index is 13.9. The minimum Gasteiger partial charge on any atom is -0.475 e. The second-order valence-electron chi connectivity index (χ2n) is 6.13. The van der Waals surface area contributed by atoms with Gasteiger partial charge in [-0.2, -0.15) is 0 Å². The molecule has 0 spiro atoms. The second-order valence-corrected chi connectivity index (χ2v) is 7.16. The van der Waals surface area contributed by atoms with Crippen molar-refractivity contribution in [3.63, 3.8) is 0 Å². The van der Waals surface area contributed by atoms with Gasteiger partial charge in [0.2, 0.25) is 0 Å². The fourth-order valence-corrected chi connectivity index (χ4v) is 3.10. The zero-order chi connectivity index (χ0) is 18.2. The number of nitrogens with one attached hydrogen (secondary N) is 1. The lowest BCUT2D eigenvalue weighted by Gasteiger charge is -2.25. The number of fused-ring (bicyclic) bond motifs is 1. The molecule has 0 radical (unpaired) electrons. The Balaban J connectivity index is 1.77. The van der Waals surface area contributed by atoms with E-state index in [0.29, 0.717) is 15.3 Å². The number of carbonyl (C=O) groups excluding carboxylic acids is 1. The van der Waals surface area contributed by atoms with E-state index in [-0.39, 0.29) is 11.6 Å². The number of amides is 1. The van der Waals surface area contributed by atoms with Crippen LogP contribution in [0.5, 0.6) is 5.75 Å². The molecule has 1 amide bonds. The lowest BCUT2D eigenvalue weighted by Crippen LogP contribution is -2.42. The predicted octanol–water partition coefficient (Wildman–Crippen LogP) is 4.68. The van der Waals surface area contributed by atoms with Crippen molar-refractivity contribution in [3.05, 3.63) is 53.6 Å². The number of ether oxygens (including phenoxy) is 1. The third kappa shape index (κ3) is 3.76. The van der Waals surface area contributed by atoms with Crippen molar-refractivity contribution in [3.8, 4) is 5.75 Å². The van der Waals surface area contributed by atoms with Gasteiger partial charge in [0.05, 0.1) is 10.2 Å². The lowest BCUT2D eigenvalue weighted by molar-refractivity contribution is -0.128. The molecule has 0 saturated heterocycles. The van der Waals surface area contributed by atoms with Gasteiger partial charge in [-0.1, -0.05) is 17.4 Å². The molecule has 0 aliphatic rings. The number of thiazole rings is 1. The molecule has 0 atom stereocenters. The van der Waals surface area contributed by atoms with Crippen LogP contribution in [0, 0.1) is 18.6 Å². The summed E-state index contributed by atoms with van der Waals surface area (Å²) in [5.74, 6) is -1.38. The maximum Gasteiger partial charge on any atom is 0.269 e.